The number of aliphatic carboxylic acids is 1. The highest BCUT2D eigenvalue weighted by Gasteiger charge is 2.34. The molecule has 110 valence electrons. The number of nitrogens with one attached hydrogen (secondary N) is 1. The molecule has 20 heavy (non-hydrogen) atoms. The van der Waals surface area contributed by atoms with E-state index in [1.165, 1.54) is 10.9 Å². The van der Waals surface area contributed by atoms with Gasteiger partial charge in [-0.05, 0) is 18.3 Å². The molecule has 2 rings (SSSR count). The van der Waals surface area contributed by atoms with Crippen LogP contribution in [0.1, 0.15) is 38.5 Å². The summed E-state index contributed by atoms with van der Waals surface area (Å²) in [6, 6.07) is 0. The lowest BCUT2D eigenvalue weighted by Crippen LogP contribution is -2.41. The van der Waals surface area contributed by atoms with Gasteiger partial charge in [0.15, 0.2) is 0 Å². The van der Waals surface area contributed by atoms with Crippen molar-refractivity contribution in [2.24, 2.45) is 5.41 Å². The lowest BCUT2D eigenvalue weighted by atomic mass is 9.71. The highest BCUT2D eigenvalue weighted by atomic mass is 16.4. The van der Waals surface area contributed by atoms with E-state index < -0.39 is 5.97 Å². The number of carbonyl (C=O) groups is 2. The molecule has 7 nitrogen and oxygen atoms in total. The molecule has 1 aromatic heterocycles. The first-order valence-electron chi connectivity index (χ1n) is 6.92. The maximum absolute atomic E-state index is 11.8. The normalized spacial score (nSPS) is 17.6. The zero-order chi connectivity index (χ0) is 14.4. The quantitative estimate of drug-likeness (QED) is 0.804. The van der Waals surface area contributed by atoms with E-state index >= 15 is 0 Å². The maximum atomic E-state index is 11.8. The van der Waals surface area contributed by atoms with Gasteiger partial charge in [0.05, 0.1) is 12.6 Å². The molecule has 0 aliphatic heterocycles. The number of carboxylic acids is 1. The molecular formula is C13H20N4O3. The molecule has 0 unspecified atom stereocenters. The summed E-state index contributed by atoms with van der Waals surface area (Å²) in [6.45, 7) is 0.538. The summed E-state index contributed by atoms with van der Waals surface area (Å²) in [7, 11) is 0. The summed E-state index contributed by atoms with van der Waals surface area (Å²) in [6.07, 6.45) is 8.20. The fraction of sp³-hybridized carbons (Fsp3) is 0.692. The molecule has 0 radical (unpaired) electrons. The van der Waals surface area contributed by atoms with Gasteiger partial charge in [0.25, 0.3) is 0 Å². The molecule has 0 bridgehead atoms. The summed E-state index contributed by atoms with van der Waals surface area (Å²) in [5.74, 6) is -0.955. The Morgan fingerprint density at radius 2 is 2.05 bits per heavy atom. The Kier molecular flexibility index (Phi) is 4.70. The van der Waals surface area contributed by atoms with Crippen LogP contribution in [-0.2, 0) is 16.1 Å². The first kappa shape index (κ1) is 14.5. The van der Waals surface area contributed by atoms with Crippen LogP contribution in [0.4, 0.5) is 0 Å². The van der Waals surface area contributed by atoms with Gasteiger partial charge in [0, 0.05) is 12.7 Å². The number of hydrogen-bond acceptors (Lipinski definition) is 4. The molecule has 1 heterocycles. The molecule has 1 amide bonds. The van der Waals surface area contributed by atoms with E-state index in [2.05, 4.69) is 15.6 Å². The molecule has 1 aliphatic rings. The average molecular weight is 280 g/mol. The minimum atomic E-state index is -0.794. The third-order valence-electron chi connectivity index (χ3n) is 3.88. The highest BCUT2D eigenvalue weighted by Crippen LogP contribution is 2.38. The van der Waals surface area contributed by atoms with E-state index in [1.54, 1.807) is 6.20 Å². The van der Waals surface area contributed by atoms with Crippen LogP contribution in [0.15, 0.2) is 12.4 Å². The Morgan fingerprint density at radius 3 is 2.65 bits per heavy atom. The van der Waals surface area contributed by atoms with Gasteiger partial charge in [-0.1, -0.05) is 24.5 Å². The predicted molar refractivity (Wildman–Crippen MR) is 70.8 cm³/mol. The highest BCUT2D eigenvalue weighted by molar-refractivity contribution is 5.75. The standard InChI is InChI=1S/C13H20N4O3/c18-11(9-17-7-6-15-16-17)14-10-13(8-12(19)20)4-2-1-3-5-13/h6-7H,1-5,8-10H2,(H,14,18)(H,19,20). The van der Waals surface area contributed by atoms with Gasteiger partial charge in [-0.3, -0.25) is 9.59 Å². The van der Waals surface area contributed by atoms with E-state index in [9.17, 15) is 9.59 Å². The van der Waals surface area contributed by atoms with E-state index in [4.69, 9.17) is 5.11 Å². The van der Waals surface area contributed by atoms with Crippen molar-refractivity contribution in [2.75, 3.05) is 6.54 Å². The van der Waals surface area contributed by atoms with Crippen LogP contribution in [-0.4, -0.2) is 38.5 Å². The average Bonchev–Trinajstić information content (AvgIpc) is 2.90. The number of amides is 1. The third kappa shape index (κ3) is 4.04. The number of carboxylic acid groups (broad SMARTS) is 1. The fourth-order valence-electron chi connectivity index (χ4n) is 2.84. The summed E-state index contributed by atoms with van der Waals surface area (Å²) in [5, 5.41) is 19.3. The molecule has 1 saturated carbocycles. The van der Waals surface area contributed by atoms with Crippen molar-refractivity contribution in [3.8, 4) is 0 Å². The monoisotopic (exact) mass is 280 g/mol. The molecule has 1 aromatic rings. The second-order valence-electron chi connectivity index (χ2n) is 5.51. The minimum absolute atomic E-state index is 0.114. The molecule has 0 saturated heterocycles. The summed E-state index contributed by atoms with van der Waals surface area (Å²) in [5.41, 5.74) is -0.290. The van der Waals surface area contributed by atoms with E-state index in [1.807, 2.05) is 0 Å². The molecule has 0 spiro atoms. The fourth-order valence-corrected chi connectivity index (χ4v) is 2.84. The second-order valence-corrected chi connectivity index (χ2v) is 5.51. The topological polar surface area (TPSA) is 97.1 Å². The Labute approximate surface area is 117 Å². The lowest BCUT2D eigenvalue weighted by Gasteiger charge is -2.36. The molecule has 1 fully saturated rings. The minimum Gasteiger partial charge on any atom is -0.481 e. The van der Waals surface area contributed by atoms with Gasteiger partial charge < -0.3 is 10.4 Å². The van der Waals surface area contributed by atoms with Gasteiger partial charge in [-0.15, -0.1) is 5.10 Å². The molecule has 0 aromatic carbocycles. The summed E-state index contributed by atoms with van der Waals surface area (Å²) < 4.78 is 1.44. The van der Waals surface area contributed by atoms with E-state index in [-0.39, 0.29) is 24.3 Å². The maximum Gasteiger partial charge on any atom is 0.303 e. The third-order valence-corrected chi connectivity index (χ3v) is 3.88. The second kappa shape index (κ2) is 6.49. The Morgan fingerprint density at radius 1 is 1.30 bits per heavy atom. The van der Waals surface area contributed by atoms with Crippen molar-refractivity contribution in [3.63, 3.8) is 0 Å². The smallest absolute Gasteiger partial charge is 0.303 e. The van der Waals surface area contributed by atoms with Gasteiger partial charge in [0.2, 0.25) is 5.91 Å². The number of nitrogens with zero attached hydrogens (tertiary/aromatic N) is 3. The summed E-state index contributed by atoms with van der Waals surface area (Å²) >= 11 is 0. The van der Waals surface area contributed by atoms with Crippen LogP contribution in [0, 0.1) is 5.41 Å². The first-order chi connectivity index (χ1) is 9.60. The van der Waals surface area contributed by atoms with Crippen molar-refractivity contribution in [1.82, 2.24) is 20.3 Å². The zero-order valence-corrected chi connectivity index (χ0v) is 11.4. The molecule has 2 N–H and O–H groups in total. The molecular weight excluding hydrogens is 260 g/mol. The molecule has 0 atom stereocenters. The lowest BCUT2D eigenvalue weighted by molar-refractivity contribution is -0.140. The van der Waals surface area contributed by atoms with Gasteiger partial charge in [0.1, 0.15) is 6.54 Å². The Hall–Kier alpha value is -1.92. The van der Waals surface area contributed by atoms with Crippen molar-refractivity contribution in [1.29, 1.82) is 0 Å². The molecule has 7 heteroatoms. The van der Waals surface area contributed by atoms with Crippen LogP contribution in [0.25, 0.3) is 0 Å². The van der Waals surface area contributed by atoms with E-state index in [0.29, 0.717) is 6.54 Å². The van der Waals surface area contributed by atoms with Gasteiger partial charge in [-0.25, -0.2) is 4.68 Å². The predicted octanol–water partition coefficient (Wildman–Crippen LogP) is 0.819. The van der Waals surface area contributed by atoms with Crippen molar-refractivity contribution >= 4 is 11.9 Å². The first-order valence-corrected chi connectivity index (χ1v) is 6.92. The van der Waals surface area contributed by atoms with E-state index in [0.717, 1.165) is 32.1 Å². The summed E-state index contributed by atoms with van der Waals surface area (Å²) in [4.78, 5) is 22.9. The molecule has 1 aliphatic carbocycles. The van der Waals surface area contributed by atoms with Crippen LogP contribution >= 0.6 is 0 Å². The Balaban J connectivity index is 1.87. The van der Waals surface area contributed by atoms with Crippen LogP contribution in [0.3, 0.4) is 0 Å². The number of hydrogen-bond donors (Lipinski definition) is 2. The van der Waals surface area contributed by atoms with Crippen molar-refractivity contribution in [3.05, 3.63) is 12.4 Å². The number of carbonyl (C=O) groups excluding carboxylic acids is 1. The van der Waals surface area contributed by atoms with Crippen molar-refractivity contribution < 1.29 is 14.7 Å². The number of rotatable bonds is 6. The largest absolute Gasteiger partial charge is 0.481 e. The zero-order valence-electron chi connectivity index (χ0n) is 11.4. The van der Waals surface area contributed by atoms with Crippen molar-refractivity contribution in [2.45, 2.75) is 45.1 Å². The van der Waals surface area contributed by atoms with Gasteiger partial charge in [-0.2, -0.15) is 0 Å². The van der Waals surface area contributed by atoms with Crippen LogP contribution in [0.5, 0.6) is 0 Å². The Bertz CT molecular complexity index is 452. The van der Waals surface area contributed by atoms with Gasteiger partial charge >= 0.3 is 5.97 Å². The number of aromatic nitrogens is 3. The van der Waals surface area contributed by atoms with Crippen LogP contribution < -0.4 is 5.32 Å². The van der Waals surface area contributed by atoms with Crippen LogP contribution in [0.2, 0.25) is 0 Å². The SMILES string of the molecule is O=C(O)CC1(CNC(=O)Cn2ccnn2)CCCCC1.